The van der Waals surface area contributed by atoms with Crippen molar-refractivity contribution in [3.05, 3.63) is 66.0 Å². The van der Waals surface area contributed by atoms with Crippen molar-refractivity contribution >= 4 is 5.91 Å². The van der Waals surface area contributed by atoms with Crippen LogP contribution in [0, 0.1) is 0 Å². The molecule has 3 heterocycles. The van der Waals surface area contributed by atoms with Gasteiger partial charge in [-0.2, -0.15) is 0 Å². The summed E-state index contributed by atoms with van der Waals surface area (Å²) in [7, 11) is 0. The molecule has 5 heteroatoms. The Bertz CT molecular complexity index is 737. The quantitative estimate of drug-likeness (QED) is 0.920. The molecule has 4 rings (SSSR count). The Balaban J connectivity index is 1.35. The highest BCUT2D eigenvalue weighted by molar-refractivity contribution is 5.94. The van der Waals surface area contributed by atoms with E-state index in [0.29, 0.717) is 12.2 Å². The van der Waals surface area contributed by atoms with E-state index >= 15 is 0 Å². The molecular formula is C21H25N3O2. The molecule has 1 amide bonds. The third-order valence-electron chi connectivity index (χ3n) is 5.42. The number of nitrogens with one attached hydrogen (secondary N) is 1. The molecule has 2 fully saturated rings. The highest BCUT2D eigenvalue weighted by atomic mass is 16.5. The fourth-order valence-corrected chi connectivity index (χ4v) is 4.11. The fraction of sp³-hybridized carbons (Fsp3) is 0.429. The lowest BCUT2D eigenvalue weighted by atomic mass is 9.89. The summed E-state index contributed by atoms with van der Waals surface area (Å²) in [5, 5.41) is 3.19. The summed E-state index contributed by atoms with van der Waals surface area (Å²) in [5.41, 5.74) is 1.88. The fourth-order valence-electron chi connectivity index (χ4n) is 4.11. The van der Waals surface area contributed by atoms with Crippen LogP contribution in [0.3, 0.4) is 0 Å². The van der Waals surface area contributed by atoms with Gasteiger partial charge in [0.05, 0.1) is 5.60 Å². The van der Waals surface area contributed by atoms with Crippen LogP contribution in [0.1, 0.15) is 35.2 Å². The average Bonchev–Trinajstić information content (AvgIpc) is 3.05. The van der Waals surface area contributed by atoms with Gasteiger partial charge in [-0.05, 0) is 37.0 Å². The van der Waals surface area contributed by atoms with Gasteiger partial charge in [-0.3, -0.25) is 14.7 Å². The molecule has 0 aliphatic carbocycles. The number of carbonyl (C=O) groups is 1. The lowest BCUT2D eigenvalue weighted by molar-refractivity contribution is -0.0793. The number of carbonyl (C=O) groups excluding carboxylic acids is 1. The van der Waals surface area contributed by atoms with E-state index in [4.69, 9.17) is 4.74 Å². The Morgan fingerprint density at radius 2 is 2.04 bits per heavy atom. The van der Waals surface area contributed by atoms with Crippen molar-refractivity contribution in [3.63, 3.8) is 0 Å². The van der Waals surface area contributed by atoms with Crippen molar-refractivity contribution in [2.45, 2.75) is 37.5 Å². The van der Waals surface area contributed by atoms with Gasteiger partial charge < -0.3 is 10.1 Å². The largest absolute Gasteiger partial charge is 0.373 e. The zero-order valence-corrected chi connectivity index (χ0v) is 14.9. The molecule has 2 aromatic rings. The molecule has 2 aliphatic heterocycles. The molecule has 1 spiro atoms. The molecule has 1 N–H and O–H groups in total. The number of aromatic nitrogens is 1. The Kier molecular flexibility index (Phi) is 5.00. The molecule has 136 valence electrons. The van der Waals surface area contributed by atoms with Gasteiger partial charge >= 0.3 is 0 Å². The molecule has 2 saturated heterocycles. The van der Waals surface area contributed by atoms with Crippen molar-refractivity contribution in [3.8, 4) is 0 Å². The van der Waals surface area contributed by atoms with Gasteiger partial charge in [0.1, 0.15) is 0 Å². The van der Waals surface area contributed by atoms with Crippen molar-refractivity contribution in [1.29, 1.82) is 0 Å². The van der Waals surface area contributed by atoms with Crippen molar-refractivity contribution in [2.24, 2.45) is 0 Å². The predicted octanol–water partition coefficient (Wildman–Crippen LogP) is 2.64. The van der Waals surface area contributed by atoms with Crippen LogP contribution in [0.15, 0.2) is 54.9 Å². The van der Waals surface area contributed by atoms with E-state index in [1.165, 1.54) is 5.56 Å². The Labute approximate surface area is 154 Å². The van der Waals surface area contributed by atoms with Gasteiger partial charge in [-0.1, -0.05) is 30.3 Å². The lowest BCUT2D eigenvalue weighted by Gasteiger charge is -2.38. The summed E-state index contributed by atoms with van der Waals surface area (Å²) in [6.45, 7) is 3.64. The van der Waals surface area contributed by atoms with Gasteiger partial charge in [-0.25, -0.2) is 0 Å². The third-order valence-corrected chi connectivity index (χ3v) is 5.42. The first-order valence-corrected chi connectivity index (χ1v) is 9.34. The molecule has 5 nitrogen and oxygen atoms in total. The van der Waals surface area contributed by atoms with Crippen LogP contribution < -0.4 is 5.32 Å². The maximum atomic E-state index is 12.4. The summed E-state index contributed by atoms with van der Waals surface area (Å²) >= 11 is 0. The van der Waals surface area contributed by atoms with Crippen molar-refractivity contribution in [2.75, 3.05) is 19.7 Å². The summed E-state index contributed by atoms with van der Waals surface area (Å²) in [4.78, 5) is 18.9. The van der Waals surface area contributed by atoms with Crippen LogP contribution in [0.25, 0.3) is 0 Å². The SMILES string of the molecule is O=C(N[C@H]1CCO[C@@]2(CCN(Cc3ccccc3)C2)C1)c1ccncc1. The maximum Gasteiger partial charge on any atom is 0.251 e. The van der Waals surface area contributed by atoms with Crippen LogP contribution in [0.5, 0.6) is 0 Å². The molecular weight excluding hydrogens is 326 g/mol. The third kappa shape index (κ3) is 3.94. The van der Waals surface area contributed by atoms with Gasteiger partial charge in [-0.15, -0.1) is 0 Å². The molecule has 1 aromatic carbocycles. The highest BCUT2D eigenvalue weighted by Crippen LogP contribution is 2.35. The van der Waals surface area contributed by atoms with E-state index < -0.39 is 0 Å². The van der Waals surface area contributed by atoms with E-state index in [2.05, 4.69) is 45.5 Å². The Morgan fingerprint density at radius 3 is 2.85 bits per heavy atom. The first-order valence-electron chi connectivity index (χ1n) is 9.34. The zero-order valence-electron chi connectivity index (χ0n) is 14.9. The van der Waals surface area contributed by atoms with Crippen LogP contribution in [-0.4, -0.2) is 47.1 Å². The first kappa shape index (κ1) is 17.2. The number of amides is 1. The number of benzene rings is 1. The number of rotatable bonds is 4. The number of nitrogens with zero attached hydrogens (tertiary/aromatic N) is 2. The molecule has 0 bridgehead atoms. The smallest absolute Gasteiger partial charge is 0.251 e. The summed E-state index contributed by atoms with van der Waals surface area (Å²) < 4.78 is 6.21. The van der Waals surface area contributed by atoms with Crippen LogP contribution in [-0.2, 0) is 11.3 Å². The van der Waals surface area contributed by atoms with Crippen molar-refractivity contribution in [1.82, 2.24) is 15.2 Å². The summed E-state index contributed by atoms with van der Waals surface area (Å²) in [6, 6.07) is 14.2. The van der Waals surface area contributed by atoms with Crippen molar-refractivity contribution < 1.29 is 9.53 Å². The maximum absolute atomic E-state index is 12.4. The number of hydrogen-bond acceptors (Lipinski definition) is 4. The van der Waals surface area contributed by atoms with E-state index in [0.717, 1.165) is 38.9 Å². The molecule has 0 saturated carbocycles. The van der Waals surface area contributed by atoms with Crippen LogP contribution in [0.4, 0.5) is 0 Å². The average molecular weight is 351 g/mol. The first-order chi connectivity index (χ1) is 12.7. The summed E-state index contributed by atoms with van der Waals surface area (Å²) in [6.07, 6.45) is 6.09. The molecule has 0 radical (unpaired) electrons. The van der Waals surface area contributed by atoms with E-state index in [-0.39, 0.29) is 17.6 Å². The predicted molar refractivity (Wildman–Crippen MR) is 99.7 cm³/mol. The second-order valence-electron chi connectivity index (χ2n) is 7.38. The van der Waals surface area contributed by atoms with Crippen LogP contribution >= 0.6 is 0 Å². The monoisotopic (exact) mass is 351 g/mol. The molecule has 26 heavy (non-hydrogen) atoms. The highest BCUT2D eigenvalue weighted by Gasteiger charge is 2.43. The zero-order chi connectivity index (χ0) is 17.8. The molecule has 2 aliphatic rings. The normalized spacial score (nSPS) is 26.1. The molecule has 2 atom stereocenters. The van der Waals surface area contributed by atoms with Gasteiger partial charge in [0.2, 0.25) is 0 Å². The van der Waals surface area contributed by atoms with E-state index in [9.17, 15) is 4.79 Å². The number of hydrogen-bond donors (Lipinski definition) is 1. The minimum atomic E-state index is -0.122. The standard InChI is InChI=1S/C21H25N3O2/c25-20(18-6-10-22-11-7-18)23-19-8-13-26-21(14-19)9-12-24(16-21)15-17-4-2-1-3-5-17/h1-7,10-11,19H,8-9,12-16H2,(H,23,25)/t19-,21-/m0/s1. The van der Waals surface area contributed by atoms with E-state index in [1.807, 2.05) is 0 Å². The minimum absolute atomic E-state index is 0.0198. The summed E-state index contributed by atoms with van der Waals surface area (Å²) in [5.74, 6) is -0.0198. The molecule has 1 aromatic heterocycles. The Hall–Kier alpha value is -2.24. The lowest BCUT2D eigenvalue weighted by Crippen LogP contribution is -2.49. The minimum Gasteiger partial charge on any atom is -0.373 e. The topological polar surface area (TPSA) is 54.5 Å². The second kappa shape index (κ2) is 7.56. The van der Waals surface area contributed by atoms with Crippen LogP contribution in [0.2, 0.25) is 0 Å². The van der Waals surface area contributed by atoms with Gasteiger partial charge in [0.15, 0.2) is 0 Å². The van der Waals surface area contributed by atoms with Gasteiger partial charge in [0, 0.05) is 50.2 Å². The number of likely N-dealkylation sites (tertiary alicyclic amines) is 1. The Morgan fingerprint density at radius 1 is 1.23 bits per heavy atom. The number of ether oxygens (including phenoxy) is 1. The molecule has 0 unspecified atom stereocenters. The van der Waals surface area contributed by atoms with Gasteiger partial charge in [0.25, 0.3) is 5.91 Å². The second-order valence-corrected chi connectivity index (χ2v) is 7.38. The number of pyridine rings is 1. The van der Waals surface area contributed by atoms with E-state index in [1.54, 1.807) is 24.5 Å².